The van der Waals surface area contributed by atoms with Crippen molar-refractivity contribution in [3.05, 3.63) is 34.3 Å². The van der Waals surface area contributed by atoms with E-state index in [-0.39, 0.29) is 12.8 Å². The van der Waals surface area contributed by atoms with Crippen LogP contribution in [0, 0.1) is 0 Å². The molecule has 1 rings (SSSR count). The molecule has 0 aromatic heterocycles. The molecule has 0 aliphatic heterocycles. The second kappa shape index (κ2) is 6.33. The van der Waals surface area contributed by atoms with E-state index in [2.05, 4.69) is 15.9 Å². The molecule has 0 spiro atoms. The van der Waals surface area contributed by atoms with E-state index >= 15 is 0 Å². The van der Waals surface area contributed by atoms with Gasteiger partial charge in [0, 0.05) is 10.9 Å². The Hall–Kier alpha value is -0.880. The molecular formula is C12H12BrF3O2. The molecule has 18 heavy (non-hydrogen) atoms. The standard InChI is InChI=1S/C12H12BrF3O2/c13-9-3-1-2-8(6-9)7-10(17)4-5-11(18)12(14,15)16/h1-3,6,10,17H,4-5,7H2. The van der Waals surface area contributed by atoms with Crippen molar-refractivity contribution in [2.24, 2.45) is 0 Å². The van der Waals surface area contributed by atoms with Crippen molar-refractivity contribution in [3.8, 4) is 0 Å². The summed E-state index contributed by atoms with van der Waals surface area (Å²) in [6, 6.07) is 7.12. The molecule has 1 unspecified atom stereocenters. The van der Waals surface area contributed by atoms with Crippen LogP contribution in [0.3, 0.4) is 0 Å². The van der Waals surface area contributed by atoms with Gasteiger partial charge in [0.2, 0.25) is 5.78 Å². The minimum atomic E-state index is -4.81. The molecule has 0 amide bonds. The smallest absolute Gasteiger partial charge is 0.393 e. The van der Waals surface area contributed by atoms with E-state index < -0.39 is 24.5 Å². The lowest BCUT2D eigenvalue weighted by Crippen LogP contribution is -2.24. The second-order valence-corrected chi connectivity index (χ2v) is 4.86. The van der Waals surface area contributed by atoms with Gasteiger partial charge in [-0.3, -0.25) is 4.79 Å². The van der Waals surface area contributed by atoms with Crippen LogP contribution in [0.2, 0.25) is 0 Å². The number of aliphatic hydroxyl groups excluding tert-OH is 1. The largest absolute Gasteiger partial charge is 0.449 e. The maximum atomic E-state index is 11.9. The average Bonchev–Trinajstić information content (AvgIpc) is 2.24. The molecule has 100 valence electrons. The lowest BCUT2D eigenvalue weighted by molar-refractivity contribution is -0.171. The van der Waals surface area contributed by atoms with Crippen LogP contribution >= 0.6 is 15.9 Å². The first-order chi connectivity index (χ1) is 8.29. The van der Waals surface area contributed by atoms with Gasteiger partial charge in [-0.2, -0.15) is 13.2 Å². The summed E-state index contributed by atoms with van der Waals surface area (Å²) in [6.07, 6.45) is -6.41. The molecule has 2 nitrogen and oxygen atoms in total. The minimum absolute atomic E-state index is 0.190. The van der Waals surface area contributed by atoms with Crippen molar-refractivity contribution < 1.29 is 23.1 Å². The highest BCUT2D eigenvalue weighted by Gasteiger charge is 2.37. The maximum Gasteiger partial charge on any atom is 0.449 e. The number of carbonyl (C=O) groups is 1. The number of aliphatic hydroxyl groups is 1. The number of carbonyl (C=O) groups excluding carboxylic acids is 1. The summed E-state index contributed by atoms with van der Waals surface area (Å²) in [6.45, 7) is 0. The van der Waals surface area contributed by atoms with Gasteiger partial charge in [-0.25, -0.2) is 0 Å². The van der Waals surface area contributed by atoms with Crippen molar-refractivity contribution in [1.82, 2.24) is 0 Å². The molecule has 0 aliphatic carbocycles. The summed E-state index contributed by atoms with van der Waals surface area (Å²) in [4.78, 5) is 10.6. The van der Waals surface area contributed by atoms with Crippen LogP contribution < -0.4 is 0 Å². The van der Waals surface area contributed by atoms with Crippen LogP contribution in [-0.4, -0.2) is 23.2 Å². The van der Waals surface area contributed by atoms with E-state index in [4.69, 9.17) is 0 Å². The summed E-state index contributed by atoms with van der Waals surface area (Å²) in [5, 5.41) is 9.57. The van der Waals surface area contributed by atoms with Crippen molar-refractivity contribution in [2.45, 2.75) is 31.5 Å². The maximum absolute atomic E-state index is 11.9. The molecular weight excluding hydrogens is 313 g/mol. The Bertz CT molecular complexity index is 418. The minimum Gasteiger partial charge on any atom is -0.393 e. The molecule has 1 atom stereocenters. The van der Waals surface area contributed by atoms with Crippen LogP contribution in [0.5, 0.6) is 0 Å². The van der Waals surface area contributed by atoms with Crippen LogP contribution in [0.25, 0.3) is 0 Å². The van der Waals surface area contributed by atoms with Gasteiger partial charge in [-0.1, -0.05) is 28.1 Å². The first kappa shape index (κ1) is 15.2. The molecule has 0 bridgehead atoms. The SMILES string of the molecule is O=C(CCC(O)Cc1cccc(Br)c1)C(F)(F)F. The fourth-order valence-corrected chi connectivity index (χ4v) is 1.92. The van der Waals surface area contributed by atoms with Crippen LogP contribution in [0.4, 0.5) is 13.2 Å². The number of hydrogen-bond donors (Lipinski definition) is 1. The van der Waals surface area contributed by atoms with Gasteiger partial charge in [-0.05, 0) is 30.5 Å². The molecule has 1 aromatic rings. The normalized spacial score (nSPS) is 13.4. The number of ketones is 1. The van der Waals surface area contributed by atoms with Crippen LogP contribution in [0.1, 0.15) is 18.4 Å². The number of halogens is 4. The second-order valence-electron chi connectivity index (χ2n) is 3.95. The Morgan fingerprint density at radius 1 is 1.39 bits per heavy atom. The number of alkyl halides is 3. The third-order valence-corrected chi connectivity index (χ3v) is 2.87. The van der Waals surface area contributed by atoms with Gasteiger partial charge in [0.05, 0.1) is 6.10 Å². The Kier molecular flexibility index (Phi) is 5.34. The van der Waals surface area contributed by atoms with E-state index in [1.807, 2.05) is 6.07 Å². The summed E-state index contributed by atoms with van der Waals surface area (Å²) < 4.78 is 36.7. The molecule has 0 radical (unpaired) electrons. The van der Waals surface area contributed by atoms with Crippen molar-refractivity contribution in [2.75, 3.05) is 0 Å². The molecule has 1 N–H and O–H groups in total. The Morgan fingerprint density at radius 2 is 2.06 bits per heavy atom. The molecule has 0 saturated heterocycles. The molecule has 6 heteroatoms. The zero-order valence-corrected chi connectivity index (χ0v) is 11.0. The lowest BCUT2D eigenvalue weighted by atomic mass is 10.0. The van der Waals surface area contributed by atoms with Gasteiger partial charge in [0.15, 0.2) is 0 Å². The average molecular weight is 325 g/mol. The predicted octanol–water partition coefficient (Wildman–Crippen LogP) is 3.26. The fraction of sp³-hybridized carbons (Fsp3) is 0.417. The first-order valence-corrected chi connectivity index (χ1v) is 6.11. The Morgan fingerprint density at radius 3 is 2.61 bits per heavy atom. The molecule has 1 aromatic carbocycles. The number of rotatable bonds is 5. The van der Waals surface area contributed by atoms with E-state index in [9.17, 15) is 23.1 Å². The van der Waals surface area contributed by atoms with Crippen LogP contribution in [0.15, 0.2) is 28.7 Å². The van der Waals surface area contributed by atoms with E-state index in [1.54, 1.807) is 18.2 Å². The lowest BCUT2D eigenvalue weighted by Gasteiger charge is -2.11. The highest BCUT2D eigenvalue weighted by Crippen LogP contribution is 2.20. The molecule has 0 saturated carbocycles. The number of benzene rings is 1. The summed E-state index contributed by atoms with van der Waals surface area (Å²) in [5.74, 6) is -1.80. The quantitative estimate of drug-likeness (QED) is 0.902. The Labute approximate surface area is 111 Å². The van der Waals surface area contributed by atoms with Gasteiger partial charge < -0.3 is 5.11 Å². The number of hydrogen-bond acceptors (Lipinski definition) is 2. The van der Waals surface area contributed by atoms with Gasteiger partial charge >= 0.3 is 6.18 Å². The van der Waals surface area contributed by atoms with Crippen molar-refractivity contribution in [1.29, 1.82) is 0 Å². The summed E-state index contributed by atoms with van der Waals surface area (Å²) in [7, 11) is 0. The van der Waals surface area contributed by atoms with E-state index in [0.717, 1.165) is 10.0 Å². The fourth-order valence-electron chi connectivity index (χ4n) is 1.48. The van der Waals surface area contributed by atoms with Gasteiger partial charge in [-0.15, -0.1) is 0 Å². The summed E-state index contributed by atoms with van der Waals surface area (Å²) in [5.41, 5.74) is 0.802. The molecule has 0 fully saturated rings. The zero-order valence-electron chi connectivity index (χ0n) is 9.38. The van der Waals surface area contributed by atoms with Gasteiger partial charge in [0.1, 0.15) is 0 Å². The highest BCUT2D eigenvalue weighted by atomic mass is 79.9. The first-order valence-electron chi connectivity index (χ1n) is 5.31. The zero-order chi connectivity index (χ0) is 13.8. The number of Topliss-reactive ketones (excluding diaryl/α,β-unsaturated/α-hetero) is 1. The van der Waals surface area contributed by atoms with Crippen molar-refractivity contribution >= 4 is 21.7 Å². The topological polar surface area (TPSA) is 37.3 Å². The molecule has 0 aliphatic rings. The predicted molar refractivity (Wildman–Crippen MR) is 64.1 cm³/mol. The van der Waals surface area contributed by atoms with Crippen LogP contribution in [-0.2, 0) is 11.2 Å². The third-order valence-electron chi connectivity index (χ3n) is 2.38. The summed E-state index contributed by atoms with van der Waals surface area (Å²) >= 11 is 3.26. The van der Waals surface area contributed by atoms with E-state index in [0.29, 0.717) is 0 Å². The van der Waals surface area contributed by atoms with Gasteiger partial charge in [0.25, 0.3) is 0 Å². The Balaban J connectivity index is 2.43. The molecule has 0 heterocycles. The monoisotopic (exact) mass is 324 g/mol. The van der Waals surface area contributed by atoms with Crippen molar-refractivity contribution in [3.63, 3.8) is 0 Å². The highest BCUT2D eigenvalue weighted by molar-refractivity contribution is 9.10. The third kappa shape index (κ3) is 5.18. The van der Waals surface area contributed by atoms with E-state index in [1.165, 1.54) is 0 Å².